The molecule has 3 unspecified atom stereocenters. The molecule has 1 saturated heterocycles. The van der Waals surface area contributed by atoms with Crippen LogP contribution < -0.4 is 4.72 Å². The Kier molecular flexibility index (Phi) is 5.21. The zero-order chi connectivity index (χ0) is 19.0. The number of likely N-dealkylation sites (tertiary alicyclic amines) is 1. The molecule has 1 aliphatic carbocycles. The van der Waals surface area contributed by atoms with Gasteiger partial charge in [0.2, 0.25) is 0 Å². The van der Waals surface area contributed by atoms with Crippen molar-refractivity contribution >= 4 is 11.3 Å². The van der Waals surface area contributed by atoms with Gasteiger partial charge >= 0.3 is 0 Å². The fraction of sp³-hybridized carbons (Fsp3) is 0.455. The molecule has 0 radical (unpaired) electrons. The van der Waals surface area contributed by atoms with Crippen molar-refractivity contribution in [2.45, 2.75) is 38.8 Å². The van der Waals surface area contributed by atoms with E-state index in [-0.39, 0.29) is 5.41 Å². The minimum Gasteiger partial charge on any atom is -0.760 e. The lowest BCUT2D eigenvalue weighted by molar-refractivity contribution is 0.270. The predicted molar refractivity (Wildman–Crippen MR) is 108 cm³/mol. The largest absolute Gasteiger partial charge is 0.760 e. The molecule has 1 saturated carbocycles. The zero-order valence-corrected chi connectivity index (χ0v) is 16.8. The van der Waals surface area contributed by atoms with E-state index in [9.17, 15) is 8.76 Å². The van der Waals surface area contributed by atoms with E-state index in [1.165, 1.54) is 16.7 Å². The van der Waals surface area contributed by atoms with Crippen molar-refractivity contribution in [1.82, 2.24) is 9.62 Å². The zero-order valence-electron chi connectivity index (χ0n) is 16.0. The normalized spacial score (nSPS) is 28.1. The van der Waals surface area contributed by atoms with Crippen molar-refractivity contribution in [2.24, 2.45) is 11.8 Å². The standard InChI is InChI=1S/C22H28N2O2S/c1-3-16-7-9-17(10-8-16)13-24-14-20-21(15-24)22(20,2)19-6-4-5-18(11-19)12-23-27(25)26/h4-11,20-21,23H,3,12-15H2,1-2H3,(H,25,26)/p-1. The highest BCUT2D eigenvalue weighted by Gasteiger charge is 2.65. The van der Waals surface area contributed by atoms with Gasteiger partial charge in [-0.25, -0.2) is 4.72 Å². The van der Waals surface area contributed by atoms with Crippen LogP contribution in [0.5, 0.6) is 0 Å². The molecule has 4 rings (SSSR count). The number of nitrogens with zero attached hydrogens (tertiary/aromatic N) is 1. The van der Waals surface area contributed by atoms with Crippen LogP contribution in [-0.4, -0.2) is 26.8 Å². The number of fused-ring (bicyclic) bond motifs is 1. The summed E-state index contributed by atoms with van der Waals surface area (Å²) in [6, 6.07) is 17.4. The monoisotopic (exact) mass is 383 g/mol. The van der Waals surface area contributed by atoms with E-state index in [1.54, 1.807) is 0 Å². The lowest BCUT2D eigenvalue weighted by Crippen LogP contribution is -2.28. The summed E-state index contributed by atoms with van der Waals surface area (Å²) in [5.74, 6) is 1.40. The molecule has 2 aliphatic rings. The molecule has 2 aromatic rings. The average molecular weight is 384 g/mol. The Hall–Kier alpha value is -1.53. The Bertz CT molecular complexity index is 824. The number of rotatable bonds is 7. The van der Waals surface area contributed by atoms with Gasteiger partial charge in [0.25, 0.3) is 0 Å². The summed E-state index contributed by atoms with van der Waals surface area (Å²) < 4.78 is 23.9. The maximum absolute atomic E-state index is 10.7. The first-order chi connectivity index (χ1) is 13.0. The molecule has 0 bridgehead atoms. The van der Waals surface area contributed by atoms with Gasteiger partial charge in [-0.1, -0.05) is 62.4 Å². The first-order valence-electron chi connectivity index (χ1n) is 9.73. The molecule has 1 N–H and O–H groups in total. The molecule has 1 aliphatic heterocycles. The Morgan fingerprint density at radius 2 is 1.78 bits per heavy atom. The number of nitrogens with one attached hydrogen (secondary N) is 1. The Morgan fingerprint density at radius 3 is 2.41 bits per heavy atom. The summed E-state index contributed by atoms with van der Waals surface area (Å²) in [7, 11) is 0. The second-order valence-electron chi connectivity index (χ2n) is 8.12. The first-order valence-corrected chi connectivity index (χ1v) is 10.8. The third kappa shape index (κ3) is 3.74. The van der Waals surface area contributed by atoms with Crippen molar-refractivity contribution < 1.29 is 8.76 Å². The van der Waals surface area contributed by atoms with Gasteiger partial charge in [-0.05, 0) is 40.5 Å². The van der Waals surface area contributed by atoms with Gasteiger partial charge in [0.1, 0.15) is 0 Å². The quantitative estimate of drug-likeness (QED) is 0.747. The van der Waals surface area contributed by atoms with Gasteiger partial charge in [-0.3, -0.25) is 9.11 Å². The molecule has 27 heavy (non-hydrogen) atoms. The Balaban J connectivity index is 1.38. The van der Waals surface area contributed by atoms with E-state index >= 15 is 0 Å². The molecule has 4 nitrogen and oxygen atoms in total. The molecule has 0 spiro atoms. The highest BCUT2D eigenvalue weighted by Crippen LogP contribution is 2.63. The maximum Gasteiger partial charge on any atom is 0.0322 e. The van der Waals surface area contributed by atoms with Gasteiger partial charge in [-0.2, -0.15) is 0 Å². The molecule has 5 heteroatoms. The van der Waals surface area contributed by atoms with E-state index in [2.05, 4.69) is 59.9 Å². The lowest BCUT2D eigenvalue weighted by atomic mass is 9.91. The third-order valence-corrected chi connectivity index (χ3v) is 6.99. The van der Waals surface area contributed by atoms with E-state index in [0.29, 0.717) is 18.4 Å². The van der Waals surface area contributed by atoms with Crippen molar-refractivity contribution in [3.63, 3.8) is 0 Å². The van der Waals surface area contributed by atoms with Crippen molar-refractivity contribution in [1.29, 1.82) is 0 Å². The van der Waals surface area contributed by atoms with Gasteiger partial charge in [-0.15, -0.1) is 0 Å². The molecule has 1 heterocycles. The van der Waals surface area contributed by atoms with Crippen LogP contribution in [0.2, 0.25) is 0 Å². The molecular formula is C22H27N2O2S-. The summed E-state index contributed by atoms with van der Waals surface area (Å²) >= 11 is -2.22. The fourth-order valence-electron chi connectivity index (χ4n) is 4.82. The smallest absolute Gasteiger partial charge is 0.0322 e. The Morgan fingerprint density at radius 1 is 1.11 bits per heavy atom. The average Bonchev–Trinajstić information content (AvgIpc) is 3.03. The summed E-state index contributed by atoms with van der Waals surface area (Å²) in [5, 5.41) is 0. The van der Waals surface area contributed by atoms with E-state index in [0.717, 1.165) is 31.6 Å². The lowest BCUT2D eigenvalue weighted by Gasteiger charge is -2.25. The summed E-state index contributed by atoms with van der Waals surface area (Å²) in [4.78, 5) is 2.57. The van der Waals surface area contributed by atoms with Crippen LogP contribution in [0.15, 0.2) is 48.5 Å². The van der Waals surface area contributed by atoms with Crippen LogP contribution in [0, 0.1) is 11.8 Å². The fourth-order valence-corrected chi connectivity index (χ4v) is 5.10. The second kappa shape index (κ2) is 7.47. The minimum atomic E-state index is -2.22. The third-order valence-electron chi connectivity index (χ3n) is 6.61. The van der Waals surface area contributed by atoms with Crippen LogP contribution in [-0.2, 0) is 36.2 Å². The Labute approximate surface area is 164 Å². The van der Waals surface area contributed by atoms with Crippen LogP contribution >= 0.6 is 0 Å². The van der Waals surface area contributed by atoms with E-state index in [1.807, 2.05) is 12.1 Å². The summed E-state index contributed by atoms with van der Waals surface area (Å²) in [6.45, 7) is 8.23. The molecule has 2 aromatic carbocycles. The number of hydrogen-bond donors (Lipinski definition) is 1. The highest BCUT2D eigenvalue weighted by atomic mass is 32.2. The van der Waals surface area contributed by atoms with E-state index < -0.39 is 11.3 Å². The highest BCUT2D eigenvalue weighted by molar-refractivity contribution is 7.77. The minimum absolute atomic E-state index is 0.231. The van der Waals surface area contributed by atoms with Crippen LogP contribution in [0.4, 0.5) is 0 Å². The topological polar surface area (TPSA) is 55.4 Å². The van der Waals surface area contributed by atoms with Crippen LogP contribution in [0.3, 0.4) is 0 Å². The second-order valence-corrected chi connectivity index (χ2v) is 8.87. The number of piperidine rings is 1. The molecule has 0 amide bonds. The molecule has 3 atom stereocenters. The predicted octanol–water partition coefficient (Wildman–Crippen LogP) is 3.15. The SMILES string of the molecule is CCc1ccc(CN2CC3C(C2)C3(C)c2cccc(CNS(=O)[O-])c2)cc1. The first kappa shape index (κ1) is 18.8. The number of aryl methyl sites for hydroxylation is 1. The summed E-state index contributed by atoms with van der Waals surface area (Å²) in [5.41, 5.74) is 5.39. The molecular weight excluding hydrogens is 356 g/mol. The molecule has 144 valence electrons. The van der Waals surface area contributed by atoms with Gasteiger partial charge in [0.15, 0.2) is 0 Å². The van der Waals surface area contributed by atoms with Crippen molar-refractivity contribution in [2.75, 3.05) is 13.1 Å². The number of benzene rings is 2. The van der Waals surface area contributed by atoms with Crippen LogP contribution in [0.1, 0.15) is 36.1 Å². The van der Waals surface area contributed by atoms with Gasteiger partial charge < -0.3 is 4.55 Å². The number of hydrogen-bond acceptors (Lipinski definition) is 3. The van der Waals surface area contributed by atoms with Crippen molar-refractivity contribution in [3.05, 3.63) is 70.8 Å². The van der Waals surface area contributed by atoms with Crippen LogP contribution in [0.25, 0.3) is 0 Å². The maximum atomic E-state index is 10.7. The van der Waals surface area contributed by atoms with Crippen molar-refractivity contribution in [3.8, 4) is 0 Å². The van der Waals surface area contributed by atoms with E-state index in [4.69, 9.17) is 0 Å². The van der Waals surface area contributed by atoms with Gasteiger partial charge in [0.05, 0.1) is 0 Å². The van der Waals surface area contributed by atoms with Gasteiger partial charge in [0, 0.05) is 42.9 Å². The molecule has 0 aromatic heterocycles. The molecule has 2 fully saturated rings. The summed E-state index contributed by atoms with van der Waals surface area (Å²) in [6.07, 6.45) is 1.09.